The maximum Gasteiger partial charge on any atom is 0.338 e. The Bertz CT molecular complexity index is 1030. The number of anilines is 1. The molecule has 1 heterocycles. The molecular formula is C25H29N3O4. The van der Waals surface area contributed by atoms with E-state index in [1.165, 1.54) is 4.90 Å². The zero-order valence-electron chi connectivity index (χ0n) is 18.8. The Morgan fingerprint density at radius 2 is 1.84 bits per heavy atom. The second-order valence-electron chi connectivity index (χ2n) is 7.65. The van der Waals surface area contributed by atoms with Crippen LogP contribution in [0.4, 0.5) is 10.5 Å². The summed E-state index contributed by atoms with van der Waals surface area (Å²) in [5.41, 5.74) is 3.12. The van der Waals surface area contributed by atoms with E-state index in [4.69, 9.17) is 4.74 Å². The molecule has 0 aromatic heterocycles. The lowest BCUT2D eigenvalue weighted by Gasteiger charge is -2.33. The van der Waals surface area contributed by atoms with Gasteiger partial charge in [0.05, 0.1) is 24.1 Å². The fourth-order valence-electron chi connectivity index (χ4n) is 3.84. The molecule has 0 fully saturated rings. The SMILES string of the molecule is CCOC(=O)C1=C(C)N(C)C(=O)NC1c1cccc(NC(=O)C(CC)c2ccccc2)c1. The zero-order valence-corrected chi connectivity index (χ0v) is 18.8. The number of rotatable bonds is 7. The maximum absolute atomic E-state index is 13.0. The van der Waals surface area contributed by atoms with Gasteiger partial charge in [0, 0.05) is 18.4 Å². The molecule has 168 valence electrons. The van der Waals surface area contributed by atoms with Gasteiger partial charge < -0.3 is 20.3 Å². The van der Waals surface area contributed by atoms with Gasteiger partial charge in [0.1, 0.15) is 0 Å². The van der Waals surface area contributed by atoms with Gasteiger partial charge in [-0.15, -0.1) is 0 Å². The molecule has 3 amide bonds. The smallest absolute Gasteiger partial charge is 0.338 e. The van der Waals surface area contributed by atoms with Crippen LogP contribution in [0.2, 0.25) is 0 Å². The second kappa shape index (κ2) is 10.1. The summed E-state index contributed by atoms with van der Waals surface area (Å²) in [6.07, 6.45) is 0.662. The van der Waals surface area contributed by atoms with Crippen molar-refractivity contribution in [2.45, 2.75) is 39.2 Å². The average Bonchev–Trinajstić information content (AvgIpc) is 2.78. The molecule has 0 saturated heterocycles. The lowest BCUT2D eigenvalue weighted by Crippen LogP contribution is -2.46. The van der Waals surface area contributed by atoms with Crippen molar-refractivity contribution in [2.24, 2.45) is 0 Å². The monoisotopic (exact) mass is 435 g/mol. The Kier molecular flexibility index (Phi) is 7.30. The zero-order chi connectivity index (χ0) is 23.3. The van der Waals surface area contributed by atoms with Crippen LogP contribution in [0.3, 0.4) is 0 Å². The summed E-state index contributed by atoms with van der Waals surface area (Å²) in [4.78, 5) is 39.4. The molecule has 1 aliphatic heterocycles. The number of carbonyl (C=O) groups excluding carboxylic acids is 3. The number of amides is 3. The molecule has 0 aliphatic carbocycles. The summed E-state index contributed by atoms with van der Waals surface area (Å²) in [7, 11) is 1.60. The van der Waals surface area contributed by atoms with Gasteiger partial charge in [0.15, 0.2) is 0 Å². The molecule has 0 spiro atoms. The Hall–Kier alpha value is -3.61. The molecular weight excluding hydrogens is 406 g/mol. The normalized spacial score (nSPS) is 16.9. The predicted octanol–water partition coefficient (Wildman–Crippen LogP) is 4.35. The van der Waals surface area contributed by atoms with E-state index in [0.29, 0.717) is 28.9 Å². The molecule has 1 aliphatic rings. The highest BCUT2D eigenvalue weighted by Gasteiger charge is 2.35. The molecule has 7 nitrogen and oxygen atoms in total. The number of carbonyl (C=O) groups is 3. The van der Waals surface area contributed by atoms with Crippen LogP contribution in [0.5, 0.6) is 0 Å². The van der Waals surface area contributed by atoms with Gasteiger partial charge in [-0.1, -0.05) is 49.4 Å². The van der Waals surface area contributed by atoms with Crippen LogP contribution in [0.15, 0.2) is 65.9 Å². The van der Waals surface area contributed by atoms with Crippen LogP contribution in [0, 0.1) is 0 Å². The first-order chi connectivity index (χ1) is 15.4. The van der Waals surface area contributed by atoms with Crippen molar-refractivity contribution in [1.29, 1.82) is 0 Å². The van der Waals surface area contributed by atoms with Crippen LogP contribution in [-0.2, 0) is 14.3 Å². The first-order valence-electron chi connectivity index (χ1n) is 10.7. The molecule has 7 heteroatoms. The molecule has 2 N–H and O–H groups in total. The molecule has 2 aromatic carbocycles. The van der Waals surface area contributed by atoms with Gasteiger partial charge in [0.25, 0.3) is 0 Å². The molecule has 3 rings (SSSR count). The first-order valence-corrected chi connectivity index (χ1v) is 10.7. The Labute approximate surface area is 188 Å². The molecule has 0 saturated carbocycles. The fourth-order valence-corrected chi connectivity index (χ4v) is 3.84. The average molecular weight is 436 g/mol. The third-order valence-corrected chi connectivity index (χ3v) is 5.66. The number of hydrogen-bond acceptors (Lipinski definition) is 4. The Morgan fingerprint density at radius 1 is 1.12 bits per heavy atom. The number of hydrogen-bond donors (Lipinski definition) is 2. The standard InChI is InChI=1S/C25H29N3O4/c1-5-20(17-11-8-7-9-12-17)23(29)26-19-14-10-13-18(15-19)22-21(24(30)32-6-2)16(3)28(4)25(31)27-22/h7-15,20,22H,5-6H2,1-4H3,(H,26,29)(H,27,31). The van der Waals surface area contributed by atoms with E-state index >= 15 is 0 Å². The van der Waals surface area contributed by atoms with E-state index in [1.807, 2.05) is 43.3 Å². The summed E-state index contributed by atoms with van der Waals surface area (Å²) < 4.78 is 5.23. The molecule has 2 aromatic rings. The number of urea groups is 1. The van der Waals surface area contributed by atoms with Gasteiger partial charge in [-0.25, -0.2) is 9.59 Å². The van der Waals surface area contributed by atoms with E-state index in [9.17, 15) is 14.4 Å². The number of nitrogens with zero attached hydrogens (tertiary/aromatic N) is 1. The van der Waals surface area contributed by atoms with Gasteiger partial charge in [-0.2, -0.15) is 0 Å². The van der Waals surface area contributed by atoms with Crippen molar-refractivity contribution in [2.75, 3.05) is 19.0 Å². The van der Waals surface area contributed by atoms with Crippen molar-refractivity contribution >= 4 is 23.6 Å². The predicted molar refractivity (Wildman–Crippen MR) is 123 cm³/mol. The molecule has 2 unspecified atom stereocenters. The summed E-state index contributed by atoms with van der Waals surface area (Å²) in [5, 5.41) is 5.84. The Morgan fingerprint density at radius 3 is 2.50 bits per heavy atom. The lowest BCUT2D eigenvalue weighted by atomic mass is 9.94. The van der Waals surface area contributed by atoms with Crippen molar-refractivity contribution < 1.29 is 19.1 Å². The van der Waals surface area contributed by atoms with E-state index < -0.39 is 12.0 Å². The van der Waals surface area contributed by atoms with Crippen LogP contribution in [0.25, 0.3) is 0 Å². The third kappa shape index (κ3) is 4.82. The topological polar surface area (TPSA) is 87.7 Å². The molecule has 0 bridgehead atoms. The third-order valence-electron chi connectivity index (χ3n) is 5.66. The van der Waals surface area contributed by atoms with E-state index in [1.54, 1.807) is 39.1 Å². The minimum Gasteiger partial charge on any atom is -0.463 e. The number of benzene rings is 2. The largest absolute Gasteiger partial charge is 0.463 e. The number of ether oxygens (including phenoxy) is 1. The summed E-state index contributed by atoms with van der Waals surface area (Å²) >= 11 is 0. The maximum atomic E-state index is 13.0. The van der Waals surface area contributed by atoms with Crippen molar-refractivity contribution in [3.05, 3.63) is 77.0 Å². The van der Waals surface area contributed by atoms with Gasteiger partial charge >= 0.3 is 12.0 Å². The minimum atomic E-state index is -0.675. The van der Waals surface area contributed by atoms with Gasteiger partial charge in [0.2, 0.25) is 5.91 Å². The van der Waals surface area contributed by atoms with Gasteiger partial charge in [-0.05, 0) is 43.5 Å². The van der Waals surface area contributed by atoms with E-state index in [-0.39, 0.29) is 24.5 Å². The van der Waals surface area contributed by atoms with Crippen molar-refractivity contribution in [3.63, 3.8) is 0 Å². The quantitative estimate of drug-likeness (QED) is 0.633. The summed E-state index contributed by atoms with van der Waals surface area (Å²) in [5.74, 6) is -0.868. The van der Waals surface area contributed by atoms with Crippen LogP contribution in [-0.4, -0.2) is 36.5 Å². The Balaban J connectivity index is 1.89. The highest BCUT2D eigenvalue weighted by molar-refractivity contribution is 5.97. The van der Waals surface area contributed by atoms with Gasteiger partial charge in [-0.3, -0.25) is 4.79 Å². The lowest BCUT2D eigenvalue weighted by molar-refractivity contribution is -0.139. The van der Waals surface area contributed by atoms with Crippen molar-refractivity contribution in [1.82, 2.24) is 10.2 Å². The molecule has 0 radical (unpaired) electrons. The molecule has 2 atom stereocenters. The number of allylic oxidation sites excluding steroid dienone is 1. The second-order valence-corrected chi connectivity index (χ2v) is 7.65. The van der Waals surface area contributed by atoms with Crippen LogP contribution in [0.1, 0.15) is 50.3 Å². The number of esters is 1. The summed E-state index contributed by atoms with van der Waals surface area (Å²) in [6, 6.07) is 15.8. The number of nitrogens with one attached hydrogen (secondary N) is 2. The highest BCUT2D eigenvalue weighted by Crippen LogP contribution is 2.32. The van der Waals surface area contributed by atoms with Crippen molar-refractivity contribution in [3.8, 4) is 0 Å². The van der Waals surface area contributed by atoms with E-state index in [2.05, 4.69) is 10.6 Å². The fraction of sp³-hybridized carbons (Fsp3) is 0.320. The highest BCUT2D eigenvalue weighted by atomic mass is 16.5. The minimum absolute atomic E-state index is 0.111. The molecule has 32 heavy (non-hydrogen) atoms. The van der Waals surface area contributed by atoms with E-state index in [0.717, 1.165) is 5.56 Å². The first kappa shape index (κ1) is 23.1. The van der Waals surface area contributed by atoms with Crippen LogP contribution >= 0.6 is 0 Å². The summed E-state index contributed by atoms with van der Waals surface area (Å²) in [6.45, 7) is 5.66. The van der Waals surface area contributed by atoms with Crippen LogP contribution < -0.4 is 10.6 Å².